The number of aryl methyl sites for hydroxylation is 1. The number of nitrogens with zero attached hydrogens (tertiary/aromatic N) is 3. The molecule has 318 valence electrons. The number of rotatable bonds is 3. The standard InChI is InChI=1S/C61H53N3O/c1-34-16-11-13-19-49(34)62(51-20-15-18-41-40-17-12-14-21-55(40)65-58(41)51)38-23-24-39-45-27-36(60(5,6)7)29-47-44-32-53-43(33-54(44)64(56(45)47)52(39)31-38)48-30-37(61(8,9)10)28-46-42-26-35(59(2,3)4)22-25-50(42)63(53)57(46)48/h11-33H,1-10H3. The summed E-state index contributed by atoms with van der Waals surface area (Å²) in [6.07, 6.45) is 0. The number of para-hydroxylation sites is 3. The molecule has 0 saturated heterocycles. The second-order valence-electron chi connectivity index (χ2n) is 22.0. The molecule has 13 rings (SSSR count). The van der Waals surface area contributed by atoms with Crippen LogP contribution < -0.4 is 4.90 Å². The molecule has 4 nitrogen and oxygen atoms in total. The summed E-state index contributed by atoms with van der Waals surface area (Å²) in [5, 5.41) is 12.7. The van der Waals surface area contributed by atoms with E-state index in [1.807, 2.05) is 0 Å². The van der Waals surface area contributed by atoms with E-state index >= 15 is 0 Å². The fraction of sp³-hybridized carbons (Fsp3) is 0.213. The molecule has 0 unspecified atom stereocenters. The van der Waals surface area contributed by atoms with E-state index in [-0.39, 0.29) is 16.2 Å². The highest BCUT2D eigenvalue weighted by atomic mass is 16.3. The highest BCUT2D eigenvalue weighted by Crippen LogP contribution is 2.49. The molecule has 0 bridgehead atoms. The lowest BCUT2D eigenvalue weighted by atomic mass is 9.84. The topological polar surface area (TPSA) is 25.2 Å². The molecule has 65 heavy (non-hydrogen) atoms. The third kappa shape index (κ3) is 5.25. The SMILES string of the molecule is Cc1ccccc1N(c1ccc2c3cc(C(C)(C)C)cc4c5cc6c(cc5n(c2c1)c34)c1cc(C(C)(C)C)cc2c3cc(C(C)(C)C)ccc3n6c21)c1cccc2c1oc1ccccc12. The van der Waals surface area contributed by atoms with Crippen LogP contribution in [0, 0.1) is 6.92 Å². The van der Waals surface area contributed by atoms with Crippen LogP contribution in [0.4, 0.5) is 17.1 Å². The maximum absolute atomic E-state index is 6.74. The molecular weight excluding hydrogens is 791 g/mol. The van der Waals surface area contributed by atoms with Gasteiger partial charge in [-0.25, -0.2) is 0 Å². The number of hydrogen-bond donors (Lipinski definition) is 0. The molecule has 8 aromatic carbocycles. The van der Waals surface area contributed by atoms with Crippen LogP contribution in [0.2, 0.25) is 0 Å². The van der Waals surface area contributed by atoms with Gasteiger partial charge in [-0.3, -0.25) is 0 Å². The molecule has 0 aliphatic rings. The van der Waals surface area contributed by atoms with Gasteiger partial charge in [-0.15, -0.1) is 0 Å². The van der Waals surface area contributed by atoms with E-state index in [4.69, 9.17) is 4.42 Å². The van der Waals surface area contributed by atoms with Gasteiger partial charge in [-0.2, -0.15) is 0 Å². The van der Waals surface area contributed by atoms with Crippen molar-refractivity contribution in [2.75, 3.05) is 4.90 Å². The van der Waals surface area contributed by atoms with Gasteiger partial charge in [0.15, 0.2) is 5.58 Å². The lowest BCUT2D eigenvalue weighted by Gasteiger charge is -2.27. The van der Waals surface area contributed by atoms with E-state index in [9.17, 15) is 0 Å². The maximum atomic E-state index is 6.74. The molecule has 0 spiro atoms. The largest absolute Gasteiger partial charge is 0.454 e. The summed E-state index contributed by atoms with van der Waals surface area (Å²) in [5.74, 6) is 0. The van der Waals surface area contributed by atoms with E-state index in [2.05, 4.69) is 222 Å². The van der Waals surface area contributed by atoms with E-state index in [0.29, 0.717) is 0 Å². The number of hydrogen-bond acceptors (Lipinski definition) is 2. The third-order valence-electron chi connectivity index (χ3n) is 14.7. The summed E-state index contributed by atoms with van der Waals surface area (Å²) in [6.45, 7) is 23.2. The first-order valence-corrected chi connectivity index (χ1v) is 23.3. The van der Waals surface area contributed by atoms with Crippen molar-refractivity contribution in [2.45, 2.75) is 85.5 Å². The normalized spacial score (nSPS) is 13.4. The van der Waals surface area contributed by atoms with Gasteiger partial charge in [0, 0.05) is 65.2 Å². The van der Waals surface area contributed by atoms with Gasteiger partial charge < -0.3 is 18.1 Å². The van der Waals surface area contributed by atoms with Crippen molar-refractivity contribution in [1.29, 1.82) is 0 Å². The molecule has 0 aliphatic heterocycles. The molecule has 0 amide bonds. The Morgan fingerprint density at radius 1 is 0.385 bits per heavy atom. The van der Waals surface area contributed by atoms with Crippen LogP contribution in [0.15, 0.2) is 144 Å². The van der Waals surface area contributed by atoms with Crippen LogP contribution in [0.25, 0.3) is 98.1 Å². The molecule has 4 heteroatoms. The van der Waals surface area contributed by atoms with E-state index in [1.54, 1.807) is 0 Å². The van der Waals surface area contributed by atoms with Gasteiger partial charge >= 0.3 is 0 Å². The minimum atomic E-state index is -0.0431. The molecule has 0 aliphatic carbocycles. The van der Waals surface area contributed by atoms with Gasteiger partial charge in [0.05, 0.1) is 38.8 Å². The second kappa shape index (κ2) is 12.6. The molecule has 0 saturated carbocycles. The number of benzene rings is 8. The van der Waals surface area contributed by atoms with Crippen molar-refractivity contribution in [1.82, 2.24) is 8.80 Å². The summed E-state index contributed by atoms with van der Waals surface area (Å²) in [6, 6.07) is 52.9. The zero-order valence-electron chi connectivity index (χ0n) is 39.0. The smallest absolute Gasteiger partial charge is 0.159 e. The first-order chi connectivity index (χ1) is 31.0. The van der Waals surface area contributed by atoms with Crippen molar-refractivity contribution in [3.05, 3.63) is 162 Å². The van der Waals surface area contributed by atoms with Crippen LogP contribution in [0.1, 0.15) is 84.6 Å². The van der Waals surface area contributed by atoms with Gasteiger partial charge in [-0.1, -0.05) is 123 Å². The van der Waals surface area contributed by atoms with Gasteiger partial charge in [0.2, 0.25) is 0 Å². The number of aromatic nitrogens is 2. The van der Waals surface area contributed by atoms with Crippen LogP contribution in [0.5, 0.6) is 0 Å². The second-order valence-corrected chi connectivity index (χ2v) is 22.0. The minimum Gasteiger partial charge on any atom is -0.454 e. The molecule has 0 atom stereocenters. The van der Waals surface area contributed by atoms with Crippen molar-refractivity contribution >= 4 is 115 Å². The quantitative estimate of drug-likeness (QED) is 0.177. The summed E-state index contributed by atoms with van der Waals surface area (Å²) < 4.78 is 11.9. The number of anilines is 3. The fourth-order valence-corrected chi connectivity index (χ4v) is 11.2. The first-order valence-electron chi connectivity index (χ1n) is 23.3. The van der Waals surface area contributed by atoms with Crippen LogP contribution >= 0.6 is 0 Å². The first kappa shape index (κ1) is 38.4. The Hall–Kier alpha value is -7.04. The Bertz CT molecular complexity index is 4130. The van der Waals surface area contributed by atoms with Crippen molar-refractivity contribution in [3.63, 3.8) is 0 Å². The highest BCUT2D eigenvalue weighted by molar-refractivity contribution is 6.29. The monoisotopic (exact) mass is 843 g/mol. The zero-order chi connectivity index (χ0) is 44.6. The zero-order valence-corrected chi connectivity index (χ0v) is 39.0. The van der Waals surface area contributed by atoms with Crippen molar-refractivity contribution < 1.29 is 4.42 Å². The average Bonchev–Trinajstić information content (AvgIpc) is 4.06. The Balaban J connectivity index is 1.16. The predicted octanol–water partition coefficient (Wildman–Crippen LogP) is 17.6. The van der Waals surface area contributed by atoms with Gasteiger partial charge in [-0.05, 0) is 124 Å². The van der Waals surface area contributed by atoms with Crippen molar-refractivity contribution in [2.24, 2.45) is 0 Å². The van der Waals surface area contributed by atoms with Crippen molar-refractivity contribution in [3.8, 4) is 0 Å². The Morgan fingerprint density at radius 3 is 1.52 bits per heavy atom. The van der Waals surface area contributed by atoms with Crippen LogP contribution in [0.3, 0.4) is 0 Å². The number of furan rings is 1. The van der Waals surface area contributed by atoms with Gasteiger partial charge in [0.1, 0.15) is 5.58 Å². The molecule has 0 radical (unpaired) electrons. The van der Waals surface area contributed by atoms with E-state index in [0.717, 1.165) is 39.0 Å². The molecule has 5 heterocycles. The summed E-state index contributed by atoms with van der Waals surface area (Å²) in [4.78, 5) is 2.41. The average molecular weight is 844 g/mol. The Labute approximate surface area is 378 Å². The van der Waals surface area contributed by atoms with Crippen LogP contribution in [-0.4, -0.2) is 8.80 Å². The summed E-state index contributed by atoms with van der Waals surface area (Å²) in [7, 11) is 0. The molecule has 0 N–H and O–H groups in total. The van der Waals surface area contributed by atoms with E-state index in [1.165, 1.54) is 98.4 Å². The molecular formula is C61H53N3O. The molecule has 13 aromatic rings. The third-order valence-corrected chi connectivity index (χ3v) is 14.7. The lowest BCUT2D eigenvalue weighted by Crippen LogP contribution is -2.11. The van der Waals surface area contributed by atoms with Crippen LogP contribution in [-0.2, 0) is 16.2 Å². The lowest BCUT2D eigenvalue weighted by molar-refractivity contribution is 0.590. The summed E-state index contributed by atoms with van der Waals surface area (Å²) in [5.41, 5.74) is 17.8. The predicted molar refractivity (Wildman–Crippen MR) is 279 cm³/mol. The molecule has 5 aromatic heterocycles. The highest BCUT2D eigenvalue weighted by Gasteiger charge is 2.29. The Kier molecular flexibility index (Phi) is 7.45. The van der Waals surface area contributed by atoms with Gasteiger partial charge in [0.25, 0.3) is 0 Å². The minimum absolute atomic E-state index is 0.0191. The Morgan fingerprint density at radius 2 is 0.892 bits per heavy atom. The molecule has 0 fully saturated rings. The summed E-state index contributed by atoms with van der Waals surface area (Å²) >= 11 is 0. The maximum Gasteiger partial charge on any atom is 0.159 e. The fourth-order valence-electron chi connectivity index (χ4n) is 11.2. The number of fused-ring (bicyclic) bond motifs is 15. The van der Waals surface area contributed by atoms with E-state index < -0.39 is 0 Å².